The Kier molecular flexibility index (Phi) is 6.67. The highest BCUT2D eigenvalue weighted by Crippen LogP contribution is 2.14. The molecule has 0 aliphatic rings. The average Bonchev–Trinajstić information content (AvgIpc) is 2.57. The number of rotatable bonds is 7. The molecule has 1 unspecified atom stereocenters. The Hall–Kier alpha value is -2.49. The van der Waals surface area contributed by atoms with Crippen molar-refractivity contribution in [1.29, 1.82) is 0 Å². The fourth-order valence-corrected chi connectivity index (χ4v) is 2.40. The van der Waals surface area contributed by atoms with Crippen LogP contribution < -0.4 is 15.4 Å². The SMILES string of the molecule is CC(C)Oc1ccc(CCNC(=O)NC(C)c2ccccc2)cc1. The predicted molar refractivity (Wildman–Crippen MR) is 97.3 cm³/mol. The van der Waals surface area contributed by atoms with Crippen LogP contribution in [0.1, 0.15) is 37.9 Å². The molecule has 2 amide bonds. The van der Waals surface area contributed by atoms with Crippen molar-refractivity contribution in [3.8, 4) is 5.75 Å². The largest absolute Gasteiger partial charge is 0.491 e. The standard InChI is InChI=1S/C20H26N2O2/c1-15(2)24-19-11-9-17(10-12-19)13-14-21-20(23)22-16(3)18-7-5-4-6-8-18/h4-12,15-16H,13-14H2,1-3H3,(H2,21,22,23). The molecule has 2 N–H and O–H groups in total. The smallest absolute Gasteiger partial charge is 0.315 e. The summed E-state index contributed by atoms with van der Waals surface area (Å²) in [5.74, 6) is 0.871. The summed E-state index contributed by atoms with van der Waals surface area (Å²) in [7, 11) is 0. The van der Waals surface area contributed by atoms with Crippen molar-refractivity contribution in [2.24, 2.45) is 0 Å². The number of nitrogens with one attached hydrogen (secondary N) is 2. The second-order valence-corrected chi connectivity index (χ2v) is 6.09. The quantitative estimate of drug-likeness (QED) is 0.805. The van der Waals surface area contributed by atoms with E-state index >= 15 is 0 Å². The summed E-state index contributed by atoms with van der Waals surface area (Å²) in [4.78, 5) is 12.0. The zero-order valence-corrected chi connectivity index (χ0v) is 14.6. The molecular weight excluding hydrogens is 300 g/mol. The maximum absolute atomic E-state index is 12.0. The van der Waals surface area contributed by atoms with E-state index in [0.717, 1.165) is 17.7 Å². The minimum atomic E-state index is -0.147. The van der Waals surface area contributed by atoms with Gasteiger partial charge in [-0.1, -0.05) is 42.5 Å². The van der Waals surface area contributed by atoms with Crippen molar-refractivity contribution >= 4 is 6.03 Å². The zero-order chi connectivity index (χ0) is 17.4. The molecule has 0 fully saturated rings. The molecule has 128 valence electrons. The fourth-order valence-electron chi connectivity index (χ4n) is 2.40. The average molecular weight is 326 g/mol. The van der Waals surface area contributed by atoms with Crippen LogP contribution >= 0.6 is 0 Å². The van der Waals surface area contributed by atoms with E-state index in [1.54, 1.807) is 0 Å². The van der Waals surface area contributed by atoms with Crippen LogP contribution in [-0.2, 0) is 6.42 Å². The lowest BCUT2D eigenvalue weighted by Gasteiger charge is -2.15. The molecule has 4 nitrogen and oxygen atoms in total. The molecule has 0 spiro atoms. The molecule has 1 atom stereocenters. The summed E-state index contributed by atoms with van der Waals surface area (Å²) >= 11 is 0. The topological polar surface area (TPSA) is 50.4 Å². The predicted octanol–water partition coefficient (Wildman–Crippen LogP) is 4.08. The van der Waals surface area contributed by atoms with Gasteiger partial charge in [0.15, 0.2) is 0 Å². The van der Waals surface area contributed by atoms with Crippen LogP contribution in [-0.4, -0.2) is 18.7 Å². The summed E-state index contributed by atoms with van der Waals surface area (Å²) in [5.41, 5.74) is 2.26. The second kappa shape index (κ2) is 8.96. The van der Waals surface area contributed by atoms with E-state index in [9.17, 15) is 4.79 Å². The monoisotopic (exact) mass is 326 g/mol. The summed E-state index contributed by atoms with van der Waals surface area (Å²) in [6, 6.07) is 17.7. The van der Waals surface area contributed by atoms with Gasteiger partial charge in [0.25, 0.3) is 0 Å². The van der Waals surface area contributed by atoms with Crippen molar-refractivity contribution in [2.75, 3.05) is 6.54 Å². The third-order valence-corrected chi connectivity index (χ3v) is 3.64. The normalized spacial score (nSPS) is 11.8. The summed E-state index contributed by atoms with van der Waals surface area (Å²) in [6.07, 6.45) is 0.961. The lowest BCUT2D eigenvalue weighted by Crippen LogP contribution is -2.38. The molecule has 2 aromatic rings. The zero-order valence-electron chi connectivity index (χ0n) is 14.6. The van der Waals surface area contributed by atoms with Crippen LogP contribution in [0.5, 0.6) is 5.75 Å². The first-order valence-corrected chi connectivity index (χ1v) is 8.39. The number of benzene rings is 2. The van der Waals surface area contributed by atoms with Gasteiger partial charge in [0, 0.05) is 6.54 Å². The second-order valence-electron chi connectivity index (χ2n) is 6.09. The highest BCUT2D eigenvalue weighted by molar-refractivity contribution is 5.74. The molecule has 24 heavy (non-hydrogen) atoms. The van der Waals surface area contributed by atoms with E-state index in [-0.39, 0.29) is 18.2 Å². The van der Waals surface area contributed by atoms with Crippen molar-refractivity contribution in [3.05, 3.63) is 65.7 Å². The first-order chi connectivity index (χ1) is 11.5. The first-order valence-electron chi connectivity index (χ1n) is 8.39. The number of carbonyl (C=O) groups is 1. The molecule has 0 aliphatic heterocycles. The molecule has 0 bridgehead atoms. The Morgan fingerprint density at radius 3 is 2.29 bits per heavy atom. The van der Waals surface area contributed by atoms with Crippen LogP contribution in [0.4, 0.5) is 4.79 Å². The number of amides is 2. The maximum atomic E-state index is 12.0. The Bertz CT molecular complexity index is 624. The highest BCUT2D eigenvalue weighted by Gasteiger charge is 2.08. The Morgan fingerprint density at radius 2 is 1.67 bits per heavy atom. The van der Waals surface area contributed by atoms with Crippen molar-refractivity contribution < 1.29 is 9.53 Å². The summed E-state index contributed by atoms with van der Waals surface area (Å²) in [6.45, 7) is 6.58. The van der Waals surface area contributed by atoms with Gasteiger partial charge in [0.05, 0.1) is 12.1 Å². The fraction of sp³-hybridized carbons (Fsp3) is 0.350. The van der Waals surface area contributed by atoms with Gasteiger partial charge >= 0.3 is 6.03 Å². The van der Waals surface area contributed by atoms with Crippen molar-refractivity contribution in [2.45, 2.75) is 39.3 Å². The van der Waals surface area contributed by atoms with E-state index in [1.165, 1.54) is 5.56 Å². The van der Waals surface area contributed by atoms with Crippen LogP contribution in [0.3, 0.4) is 0 Å². The van der Waals surface area contributed by atoms with Gasteiger partial charge < -0.3 is 15.4 Å². The van der Waals surface area contributed by atoms with Gasteiger partial charge in [-0.2, -0.15) is 0 Å². The molecule has 0 saturated carbocycles. The molecule has 0 heterocycles. The van der Waals surface area contributed by atoms with Crippen LogP contribution in [0.25, 0.3) is 0 Å². The third kappa shape index (κ3) is 5.95. The highest BCUT2D eigenvalue weighted by atomic mass is 16.5. The molecule has 4 heteroatoms. The van der Waals surface area contributed by atoms with Crippen LogP contribution in [0.15, 0.2) is 54.6 Å². The van der Waals surface area contributed by atoms with E-state index < -0.39 is 0 Å². The Labute approximate surface area is 144 Å². The Morgan fingerprint density at radius 1 is 1.00 bits per heavy atom. The molecule has 0 aromatic heterocycles. The lowest BCUT2D eigenvalue weighted by molar-refractivity contribution is 0.238. The minimum absolute atomic E-state index is 0.0151. The molecule has 0 saturated heterocycles. The number of hydrogen-bond acceptors (Lipinski definition) is 2. The molecule has 2 rings (SSSR count). The first kappa shape index (κ1) is 17.9. The van der Waals surface area contributed by atoms with Gasteiger partial charge in [0.2, 0.25) is 0 Å². The summed E-state index contributed by atoms with van der Waals surface area (Å²) < 4.78 is 5.62. The molecular formula is C20H26N2O2. The molecule has 0 radical (unpaired) electrons. The van der Waals surface area contributed by atoms with E-state index in [4.69, 9.17) is 4.74 Å². The minimum Gasteiger partial charge on any atom is -0.491 e. The number of hydrogen-bond donors (Lipinski definition) is 2. The van der Waals surface area contributed by atoms with Gasteiger partial charge in [0.1, 0.15) is 5.75 Å². The Balaban J connectivity index is 1.72. The summed E-state index contributed by atoms with van der Waals surface area (Å²) in [5, 5.41) is 5.84. The maximum Gasteiger partial charge on any atom is 0.315 e. The van der Waals surface area contributed by atoms with Crippen molar-refractivity contribution in [1.82, 2.24) is 10.6 Å². The van der Waals surface area contributed by atoms with Gasteiger partial charge in [-0.05, 0) is 50.5 Å². The third-order valence-electron chi connectivity index (χ3n) is 3.64. The van der Waals surface area contributed by atoms with E-state index in [2.05, 4.69) is 10.6 Å². The van der Waals surface area contributed by atoms with Gasteiger partial charge in [-0.3, -0.25) is 0 Å². The lowest BCUT2D eigenvalue weighted by atomic mass is 10.1. The van der Waals surface area contributed by atoms with E-state index in [1.807, 2.05) is 75.4 Å². The number of ether oxygens (including phenoxy) is 1. The van der Waals surface area contributed by atoms with E-state index in [0.29, 0.717) is 6.54 Å². The molecule has 0 aliphatic carbocycles. The van der Waals surface area contributed by atoms with Crippen molar-refractivity contribution in [3.63, 3.8) is 0 Å². The number of carbonyl (C=O) groups excluding carboxylic acids is 1. The number of urea groups is 1. The van der Waals surface area contributed by atoms with Gasteiger partial charge in [-0.25, -0.2) is 4.79 Å². The van der Waals surface area contributed by atoms with Crippen LogP contribution in [0, 0.1) is 0 Å². The van der Waals surface area contributed by atoms with Gasteiger partial charge in [-0.15, -0.1) is 0 Å². The van der Waals surface area contributed by atoms with Crippen LogP contribution in [0.2, 0.25) is 0 Å². The molecule has 2 aromatic carbocycles.